The minimum atomic E-state index is -0.564. The van der Waals surface area contributed by atoms with Crippen molar-refractivity contribution in [2.75, 3.05) is 12.4 Å². The first-order valence-electron chi connectivity index (χ1n) is 8.72. The molecule has 0 radical (unpaired) electrons. The van der Waals surface area contributed by atoms with Crippen molar-refractivity contribution in [3.63, 3.8) is 0 Å². The number of fused-ring (bicyclic) bond motifs is 1. The van der Waals surface area contributed by atoms with Crippen LogP contribution in [0, 0.1) is 11.8 Å². The number of H-pyrrole nitrogens is 1. The molecule has 0 bridgehead atoms. The molecule has 0 unspecified atom stereocenters. The van der Waals surface area contributed by atoms with E-state index in [-0.39, 0.29) is 12.4 Å². The zero-order valence-corrected chi connectivity index (χ0v) is 16.9. The standard InChI is InChI=1S/C20H16BrF2N5O/c1-29-20-16(22)4-11(8-27-20)7-24-17-3-2-12(18(23)28-17)5-13-9-25-19-15(13)6-14(21)10-26-19/h2-4,6,8-10H,5,7H2,1H3,(H,24,28)(H,25,26). The fourth-order valence-electron chi connectivity index (χ4n) is 2.98. The molecule has 4 aromatic heterocycles. The van der Waals surface area contributed by atoms with E-state index >= 15 is 0 Å². The topological polar surface area (TPSA) is 75.7 Å². The zero-order valence-electron chi connectivity index (χ0n) is 15.3. The SMILES string of the molecule is COc1ncc(CNc2ccc(Cc3c[nH]c4ncc(Br)cc34)c(F)n2)cc1F. The maximum Gasteiger partial charge on any atom is 0.250 e. The summed E-state index contributed by atoms with van der Waals surface area (Å²) in [6.07, 6.45) is 5.39. The van der Waals surface area contributed by atoms with Crippen molar-refractivity contribution in [3.8, 4) is 5.88 Å². The van der Waals surface area contributed by atoms with E-state index in [0.29, 0.717) is 23.4 Å². The highest BCUT2D eigenvalue weighted by atomic mass is 79.9. The lowest BCUT2D eigenvalue weighted by molar-refractivity contribution is 0.368. The lowest BCUT2D eigenvalue weighted by atomic mass is 10.1. The molecule has 4 aromatic rings. The molecule has 0 saturated heterocycles. The first-order chi connectivity index (χ1) is 14.0. The number of hydrogen-bond acceptors (Lipinski definition) is 5. The molecule has 6 nitrogen and oxygen atoms in total. The number of anilines is 1. The van der Waals surface area contributed by atoms with Gasteiger partial charge < -0.3 is 15.0 Å². The Labute approximate surface area is 173 Å². The summed E-state index contributed by atoms with van der Waals surface area (Å²) in [5.74, 6) is -0.833. The van der Waals surface area contributed by atoms with Crippen LogP contribution in [-0.4, -0.2) is 27.0 Å². The first kappa shape index (κ1) is 19.3. The molecule has 0 atom stereocenters. The summed E-state index contributed by atoms with van der Waals surface area (Å²) in [6.45, 7) is 0.252. The minimum Gasteiger partial charge on any atom is -0.479 e. The maximum absolute atomic E-state index is 14.5. The molecule has 2 N–H and O–H groups in total. The molecule has 0 amide bonds. The Morgan fingerprint density at radius 1 is 1.14 bits per heavy atom. The number of methoxy groups -OCH3 is 1. The lowest BCUT2D eigenvalue weighted by Crippen LogP contribution is -2.05. The zero-order chi connectivity index (χ0) is 20.4. The van der Waals surface area contributed by atoms with Crippen molar-refractivity contribution >= 4 is 32.8 Å². The minimum absolute atomic E-state index is 0.0678. The van der Waals surface area contributed by atoms with Crippen LogP contribution in [0.4, 0.5) is 14.6 Å². The fourth-order valence-corrected chi connectivity index (χ4v) is 3.31. The normalized spacial score (nSPS) is 11.0. The second-order valence-corrected chi connectivity index (χ2v) is 7.29. The van der Waals surface area contributed by atoms with Crippen LogP contribution in [0.1, 0.15) is 16.7 Å². The van der Waals surface area contributed by atoms with Gasteiger partial charge in [-0.3, -0.25) is 0 Å². The van der Waals surface area contributed by atoms with Crippen molar-refractivity contribution in [1.29, 1.82) is 0 Å². The Bertz CT molecular complexity index is 1180. The molecule has 0 aliphatic carbocycles. The van der Waals surface area contributed by atoms with E-state index in [1.54, 1.807) is 18.3 Å². The van der Waals surface area contributed by atoms with E-state index in [9.17, 15) is 8.78 Å². The summed E-state index contributed by atoms with van der Waals surface area (Å²) >= 11 is 3.40. The van der Waals surface area contributed by atoms with Crippen molar-refractivity contribution in [2.24, 2.45) is 0 Å². The Morgan fingerprint density at radius 3 is 2.76 bits per heavy atom. The monoisotopic (exact) mass is 459 g/mol. The average Bonchev–Trinajstić information content (AvgIpc) is 3.10. The number of nitrogens with zero attached hydrogens (tertiary/aromatic N) is 3. The Balaban J connectivity index is 1.47. The van der Waals surface area contributed by atoms with E-state index in [2.05, 4.69) is 41.2 Å². The van der Waals surface area contributed by atoms with Gasteiger partial charge in [0.2, 0.25) is 11.8 Å². The predicted octanol–water partition coefficient (Wildman–Crippen LogP) is 4.61. The Kier molecular flexibility index (Phi) is 5.39. The summed E-state index contributed by atoms with van der Waals surface area (Å²) in [7, 11) is 1.35. The van der Waals surface area contributed by atoms with Crippen LogP contribution >= 0.6 is 15.9 Å². The van der Waals surface area contributed by atoms with Gasteiger partial charge >= 0.3 is 0 Å². The molecular weight excluding hydrogens is 444 g/mol. The van der Waals surface area contributed by atoms with Crippen LogP contribution < -0.4 is 10.1 Å². The molecule has 0 fully saturated rings. The Morgan fingerprint density at radius 2 is 2.00 bits per heavy atom. The molecule has 0 aliphatic heterocycles. The van der Waals surface area contributed by atoms with Gasteiger partial charge in [-0.2, -0.15) is 4.39 Å². The molecule has 0 saturated carbocycles. The second-order valence-electron chi connectivity index (χ2n) is 6.38. The number of halogens is 3. The molecule has 4 rings (SSSR count). The van der Waals surface area contributed by atoms with Gasteiger partial charge in [-0.15, -0.1) is 0 Å². The Hall–Kier alpha value is -3.07. The molecular formula is C20H16BrF2N5O. The summed E-state index contributed by atoms with van der Waals surface area (Å²) in [4.78, 5) is 15.2. The van der Waals surface area contributed by atoms with Gasteiger partial charge in [-0.25, -0.2) is 19.3 Å². The molecule has 29 heavy (non-hydrogen) atoms. The third-order valence-corrected chi connectivity index (χ3v) is 4.85. The second kappa shape index (κ2) is 8.12. The number of pyridine rings is 3. The van der Waals surface area contributed by atoms with Gasteiger partial charge in [-0.05, 0) is 45.3 Å². The highest BCUT2D eigenvalue weighted by Gasteiger charge is 2.11. The van der Waals surface area contributed by atoms with Crippen molar-refractivity contribution in [1.82, 2.24) is 19.9 Å². The summed E-state index contributed by atoms with van der Waals surface area (Å²) in [5.41, 5.74) is 2.73. The average molecular weight is 460 g/mol. The van der Waals surface area contributed by atoms with Crippen LogP contribution in [0.5, 0.6) is 5.88 Å². The summed E-state index contributed by atoms with van der Waals surface area (Å²) in [6, 6.07) is 6.63. The van der Waals surface area contributed by atoms with E-state index in [1.165, 1.54) is 19.4 Å². The lowest BCUT2D eigenvalue weighted by Gasteiger charge is -2.09. The van der Waals surface area contributed by atoms with Crippen LogP contribution in [0.3, 0.4) is 0 Å². The molecule has 9 heteroatoms. The van der Waals surface area contributed by atoms with E-state index in [0.717, 1.165) is 21.1 Å². The molecule has 0 aromatic carbocycles. The number of hydrogen-bond donors (Lipinski definition) is 2. The number of aromatic amines is 1. The van der Waals surface area contributed by atoms with Crippen molar-refractivity contribution < 1.29 is 13.5 Å². The maximum atomic E-state index is 14.5. The van der Waals surface area contributed by atoms with Gasteiger partial charge in [-0.1, -0.05) is 6.07 Å². The van der Waals surface area contributed by atoms with Crippen LogP contribution in [0.15, 0.2) is 47.3 Å². The van der Waals surface area contributed by atoms with E-state index < -0.39 is 11.8 Å². The third kappa shape index (κ3) is 4.19. The number of nitrogens with one attached hydrogen (secondary N) is 2. The van der Waals surface area contributed by atoms with Crippen LogP contribution in [0.2, 0.25) is 0 Å². The largest absolute Gasteiger partial charge is 0.479 e. The quantitative estimate of drug-likeness (QED) is 0.412. The highest BCUT2D eigenvalue weighted by Crippen LogP contribution is 2.24. The summed E-state index contributed by atoms with van der Waals surface area (Å²) in [5, 5.41) is 3.89. The van der Waals surface area contributed by atoms with Crippen molar-refractivity contribution in [3.05, 3.63) is 75.8 Å². The molecule has 0 aliphatic rings. The number of rotatable bonds is 6. The highest BCUT2D eigenvalue weighted by molar-refractivity contribution is 9.10. The predicted molar refractivity (Wildman–Crippen MR) is 109 cm³/mol. The number of ether oxygens (including phenoxy) is 1. The smallest absolute Gasteiger partial charge is 0.250 e. The van der Waals surface area contributed by atoms with Gasteiger partial charge in [0.15, 0.2) is 5.82 Å². The first-order valence-corrected chi connectivity index (χ1v) is 9.52. The van der Waals surface area contributed by atoms with Gasteiger partial charge in [0.1, 0.15) is 11.5 Å². The molecule has 148 valence electrons. The fraction of sp³-hybridized carbons (Fsp3) is 0.150. The van der Waals surface area contributed by atoms with Crippen LogP contribution in [-0.2, 0) is 13.0 Å². The van der Waals surface area contributed by atoms with Gasteiger partial charge in [0.25, 0.3) is 0 Å². The molecule has 0 spiro atoms. The van der Waals surface area contributed by atoms with Gasteiger partial charge in [0, 0.05) is 47.0 Å². The van der Waals surface area contributed by atoms with Gasteiger partial charge in [0.05, 0.1) is 7.11 Å². The van der Waals surface area contributed by atoms with E-state index in [1.807, 2.05) is 12.3 Å². The van der Waals surface area contributed by atoms with E-state index in [4.69, 9.17) is 4.74 Å². The van der Waals surface area contributed by atoms with Crippen LogP contribution in [0.25, 0.3) is 11.0 Å². The van der Waals surface area contributed by atoms with Crippen molar-refractivity contribution in [2.45, 2.75) is 13.0 Å². The molecule has 4 heterocycles. The number of aromatic nitrogens is 4. The third-order valence-electron chi connectivity index (χ3n) is 4.42. The summed E-state index contributed by atoms with van der Waals surface area (Å²) < 4.78 is 33.9.